The van der Waals surface area contributed by atoms with Gasteiger partial charge in [-0.25, -0.2) is 0 Å². The second-order valence-electron chi connectivity index (χ2n) is 9.30. The average molecular weight is 460 g/mol. The topological polar surface area (TPSA) is 102 Å². The van der Waals surface area contributed by atoms with Gasteiger partial charge in [0.25, 0.3) is 11.6 Å². The molecule has 2 heterocycles. The summed E-state index contributed by atoms with van der Waals surface area (Å²) in [5.74, 6) is -0.933. The number of allylic oxidation sites excluding steroid dienone is 3. The summed E-state index contributed by atoms with van der Waals surface area (Å²) in [6.07, 6.45) is 0.994. The predicted octanol–water partition coefficient (Wildman–Crippen LogP) is 3.71. The molecule has 1 amide bonds. The number of Topliss-reactive ketones (excluding diaryl/α,β-unsaturated/α-hetero) is 1. The first-order chi connectivity index (χ1) is 15.1. The molecule has 170 valence electrons. The summed E-state index contributed by atoms with van der Waals surface area (Å²) in [7, 11) is 0. The van der Waals surface area contributed by atoms with Gasteiger partial charge in [-0.1, -0.05) is 31.5 Å². The number of morpholine rings is 1. The number of nitro groups is 1. The fraction of sp³-hybridized carbons (Fsp3) is 0.478. The van der Waals surface area contributed by atoms with Gasteiger partial charge < -0.3 is 15.0 Å². The molecule has 2 aliphatic heterocycles. The number of hydrogen-bond donors (Lipinski definition) is 1. The Morgan fingerprint density at radius 1 is 1.28 bits per heavy atom. The molecular formula is C23H26ClN3O5. The Morgan fingerprint density at radius 2 is 1.97 bits per heavy atom. The van der Waals surface area contributed by atoms with E-state index in [1.165, 1.54) is 12.1 Å². The second-order valence-corrected chi connectivity index (χ2v) is 9.71. The lowest BCUT2D eigenvalue weighted by atomic mass is 9.68. The number of ether oxygens (including phenoxy) is 1. The number of nitro benzene ring substituents is 1. The van der Waals surface area contributed by atoms with Crippen molar-refractivity contribution in [3.8, 4) is 0 Å². The Balaban J connectivity index is 1.88. The lowest BCUT2D eigenvalue weighted by Crippen LogP contribution is -2.45. The quantitative estimate of drug-likeness (QED) is 0.546. The lowest BCUT2D eigenvalue weighted by Gasteiger charge is -2.41. The van der Waals surface area contributed by atoms with Crippen LogP contribution in [-0.2, 0) is 14.3 Å². The molecule has 1 aromatic carbocycles. The number of carbonyl (C=O) groups excluding carboxylic acids is 2. The molecule has 1 saturated heterocycles. The van der Waals surface area contributed by atoms with Gasteiger partial charge in [-0.2, -0.15) is 0 Å². The van der Waals surface area contributed by atoms with Gasteiger partial charge in [-0.3, -0.25) is 19.7 Å². The average Bonchev–Trinajstić information content (AvgIpc) is 2.72. The SMILES string of the molecule is CC1=C(C(=O)N2CCOCC2)C(c2ccc(Cl)c([N+](=O)[O-])c2)C2=C(CC(C)(C)CC2=O)N1. The minimum Gasteiger partial charge on any atom is -0.378 e. The van der Waals surface area contributed by atoms with Gasteiger partial charge in [0.15, 0.2) is 5.78 Å². The zero-order valence-corrected chi connectivity index (χ0v) is 19.1. The Hall–Kier alpha value is -2.71. The Bertz CT molecular complexity index is 1070. The Labute approximate surface area is 191 Å². The van der Waals surface area contributed by atoms with Crippen LogP contribution < -0.4 is 5.32 Å². The van der Waals surface area contributed by atoms with E-state index >= 15 is 0 Å². The lowest BCUT2D eigenvalue weighted by molar-refractivity contribution is -0.384. The Kier molecular flexibility index (Phi) is 5.85. The molecule has 4 rings (SSSR count). The van der Waals surface area contributed by atoms with Crippen LogP contribution >= 0.6 is 11.6 Å². The molecule has 0 aromatic heterocycles. The van der Waals surface area contributed by atoms with Crippen LogP contribution in [0.2, 0.25) is 5.02 Å². The van der Waals surface area contributed by atoms with Crippen LogP contribution in [0.4, 0.5) is 5.69 Å². The number of nitrogens with zero attached hydrogens (tertiary/aromatic N) is 2. The van der Waals surface area contributed by atoms with Gasteiger partial charge in [0.1, 0.15) is 5.02 Å². The minimum atomic E-state index is -0.693. The Morgan fingerprint density at radius 3 is 2.62 bits per heavy atom. The van der Waals surface area contributed by atoms with Gasteiger partial charge in [-0.15, -0.1) is 0 Å². The van der Waals surface area contributed by atoms with Gasteiger partial charge in [-0.05, 0) is 30.4 Å². The number of nitrogens with one attached hydrogen (secondary N) is 1. The molecule has 9 heteroatoms. The summed E-state index contributed by atoms with van der Waals surface area (Å²) in [5.41, 5.74) is 2.45. The number of rotatable bonds is 3. The summed E-state index contributed by atoms with van der Waals surface area (Å²) in [5, 5.41) is 14.9. The van der Waals surface area contributed by atoms with Crippen LogP contribution in [0.1, 0.15) is 45.1 Å². The van der Waals surface area contributed by atoms with E-state index in [1.54, 1.807) is 11.0 Å². The summed E-state index contributed by atoms with van der Waals surface area (Å²) >= 11 is 6.05. The first kappa shape index (κ1) is 22.5. The monoisotopic (exact) mass is 459 g/mol. The highest BCUT2D eigenvalue weighted by atomic mass is 35.5. The number of amides is 1. The molecule has 0 bridgehead atoms. The first-order valence-corrected chi connectivity index (χ1v) is 11.0. The van der Waals surface area contributed by atoms with Crippen molar-refractivity contribution >= 4 is 29.0 Å². The molecule has 1 fully saturated rings. The van der Waals surface area contributed by atoms with Crippen molar-refractivity contribution in [3.63, 3.8) is 0 Å². The fourth-order valence-corrected chi connectivity index (χ4v) is 5.03. The van der Waals surface area contributed by atoms with Crippen molar-refractivity contribution in [1.82, 2.24) is 10.2 Å². The van der Waals surface area contributed by atoms with E-state index in [0.717, 1.165) is 5.70 Å². The van der Waals surface area contributed by atoms with Crippen molar-refractivity contribution in [3.05, 3.63) is 61.4 Å². The molecule has 32 heavy (non-hydrogen) atoms. The van der Waals surface area contributed by atoms with Crippen LogP contribution in [0.25, 0.3) is 0 Å². The van der Waals surface area contributed by atoms with E-state index in [-0.39, 0.29) is 27.8 Å². The zero-order valence-electron chi connectivity index (χ0n) is 18.4. The van der Waals surface area contributed by atoms with E-state index < -0.39 is 10.8 Å². The molecule has 3 aliphatic rings. The second kappa shape index (κ2) is 8.33. The number of hydrogen-bond acceptors (Lipinski definition) is 6. The van der Waals surface area contributed by atoms with Crippen LogP contribution in [0.3, 0.4) is 0 Å². The molecule has 1 aliphatic carbocycles. The maximum Gasteiger partial charge on any atom is 0.288 e. The summed E-state index contributed by atoms with van der Waals surface area (Å²) in [6, 6.07) is 4.51. The summed E-state index contributed by atoms with van der Waals surface area (Å²) in [4.78, 5) is 39.7. The normalized spacial score (nSPS) is 23.1. The molecule has 8 nitrogen and oxygen atoms in total. The highest BCUT2D eigenvalue weighted by Crippen LogP contribution is 2.47. The highest BCUT2D eigenvalue weighted by Gasteiger charge is 2.44. The third-order valence-electron chi connectivity index (χ3n) is 6.27. The number of ketones is 1. The molecule has 0 spiro atoms. The largest absolute Gasteiger partial charge is 0.378 e. The van der Waals surface area contributed by atoms with Crippen LogP contribution in [-0.4, -0.2) is 47.8 Å². The van der Waals surface area contributed by atoms with Gasteiger partial charge in [0, 0.05) is 54.0 Å². The van der Waals surface area contributed by atoms with Gasteiger partial charge >= 0.3 is 0 Å². The minimum absolute atomic E-state index is 0.0137. The predicted molar refractivity (Wildman–Crippen MR) is 119 cm³/mol. The van der Waals surface area contributed by atoms with E-state index in [2.05, 4.69) is 5.32 Å². The van der Waals surface area contributed by atoms with Crippen molar-refractivity contribution in [2.75, 3.05) is 26.3 Å². The molecule has 0 radical (unpaired) electrons. The van der Waals surface area contributed by atoms with Crippen LogP contribution in [0.5, 0.6) is 0 Å². The molecule has 1 aromatic rings. The van der Waals surface area contributed by atoms with Crippen molar-refractivity contribution in [2.24, 2.45) is 5.41 Å². The van der Waals surface area contributed by atoms with Crippen molar-refractivity contribution in [1.29, 1.82) is 0 Å². The molecule has 0 saturated carbocycles. The van der Waals surface area contributed by atoms with Crippen LogP contribution in [0.15, 0.2) is 40.7 Å². The number of dihydropyridines is 1. The first-order valence-electron chi connectivity index (χ1n) is 10.6. The maximum atomic E-state index is 13.6. The standard InChI is InChI=1S/C23H26ClN3O5/c1-13-19(22(29)26-6-8-32-9-7-26)20(14-4-5-15(24)17(10-14)27(30)31)21-16(25-13)11-23(2,3)12-18(21)28/h4-5,10,20,25H,6-9,11-12H2,1-3H3. The zero-order chi connectivity index (χ0) is 23.2. The smallest absolute Gasteiger partial charge is 0.288 e. The van der Waals surface area contributed by atoms with E-state index in [0.29, 0.717) is 61.6 Å². The third kappa shape index (κ3) is 4.04. The molecule has 1 unspecified atom stereocenters. The van der Waals surface area contributed by atoms with Crippen molar-refractivity contribution < 1.29 is 19.2 Å². The van der Waals surface area contributed by atoms with Crippen LogP contribution in [0, 0.1) is 15.5 Å². The molecular weight excluding hydrogens is 434 g/mol. The summed E-state index contributed by atoms with van der Waals surface area (Å²) < 4.78 is 5.38. The van der Waals surface area contributed by atoms with Gasteiger partial charge in [0.2, 0.25) is 0 Å². The van der Waals surface area contributed by atoms with E-state index in [1.807, 2.05) is 20.8 Å². The molecule has 1 N–H and O–H groups in total. The van der Waals surface area contributed by atoms with Crippen molar-refractivity contribution in [2.45, 2.75) is 39.5 Å². The van der Waals surface area contributed by atoms with E-state index in [9.17, 15) is 19.7 Å². The third-order valence-corrected chi connectivity index (χ3v) is 6.59. The highest BCUT2D eigenvalue weighted by molar-refractivity contribution is 6.32. The van der Waals surface area contributed by atoms with Gasteiger partial charge in [0.05, 0.1) is 18.1 Å². The number of halogens is 1. The number of benzene rings is 1. The maximum absolute atomic E-state index is 13.6. The summed E-state index contributed by atoms with van der Waals surface area (Å²) in [6.45, 7) is 7.69. The fourth-order valence-electron chi connectivity index (χ4n) is 4.84. The number of carbonyl (C=O) groups is 2. The molecule has 1 atom stereocenters. The van der Waals surface area contributed by atoms with E-state index in [4.69, 9.17) is 16.3 Å².